The minimum absolute atomic E-state index is 0.0115. The van der Waals surface area contributed by atoms with Crippen LogP contribution in [-0.2, 0) is 4.79 Å². The molecule has 0 radical (unpaired) electrons. The third-order valence-electron chi connectivity index (χ3n) is 6.04. The summed E-state index contributed by atoms with van der Waals surface area (Å²) in [5.41, 5.74) is 4.18. The quantitative estimate of drug-likeness (QED) is 0.349. The lowest BCUT2D eigenvalue weighted by molar-refractivity contribution is -0.118. The average molecular weight is 443 g/mol. The van der Waals surface area contributed by atoms with Gasteiger partial charge in [-0.1, -0.05) is 43.5 Å². The molecule has 0 atom stereocenters. The summed E-state index contributed by atoms with van der Waals surface area (Å²) in [6.07, 6.45) is 6.56. The van der Waals surface area contributed by atoms with Crippen molar-refractivity contribution < 1.29 is 9.53 Å². The Morgan fingerprint density at radius 2 is 1.69 bits per heavy atom. The summed E-state index contributed by atoms with van der Waals surface area (Å²) in [7, 11) is 0. The standard InChI is InChI=1S/C27H26N2O2S/c30-26(18-31-23-16-12-20(13-17-23)19-6-2-1-3-7-19)28-22-14-10-21(11-15-22)27-29-24-8-4-5-9-25(24)32-27/h4-5,8-17,19H,1-3,6-7,18H2,(H,28,30). The summed E-state index contributed by atoms with van der Waals surface area (Å²) >= 11 is 1.67. The van der Waals surface area contributed by atoms with Gasteiger partial charge in [-0.2, -0.15) is 0 Å². The number of fused-ring (bicyclic) bond motifs is 1. The number of carbonyl (C=O) groups excluding carboxylic acids is 1. The summed E-state index contributed by atoms with van der Waals surface area (Å²) in [5, 5.41) is 3.88. The molecule has 1 saturated carbocycles. The minimum atomic E-state index is -0.172. The second-order valence-electron chi connectivity index (χ2n) is 8.30. The molecule has 1 aliphatic rings. The molecule has 1 N–H and O–H groups in total. The molecule has 0 aliphatic heterocycles. The summed E-state index contributed by atoms with van der Waals surface area (Å²) in [5.74, 6) is 1.23. The zero-order valence-electron chi connectivity index (χ0n) is 17.9. The van der Waals surface area contributed by atoms with E-state index in [-0.39, 0.29) is 12.5 Å². The predicted octanol–water partition coefficient (Wildman–Crippen LogP) is 7.03. The number of amides is 1. The lowest BCUT2D eigenvalue weighted by Crippen LogP contribution is -2.20. The molecular weight excluding hydrogens is 416 g/mol. The molecular formula is C27H26N2O2S. The topological polar surface area (TPSA) is 51.2 Å². The van der Waals surface area contributed by atoms with Crippen LogP contribution in [0.25, 0.3) is 20.8 Å². The van der Waals surface area contributed by atoms with Crippen LogP contribution in [0.5, 0.6) is 5.75 Å². The van der Waals surface area contributed by atoms with Crippen molar-refractivity contribution in [2.24, 2.45) is 0 Å². The third kappa shape index (κ3) is 4.83. The van der Waals surface area contributed by atoms with Crippen LogP contribution in [0.15, 0.2) is 72.8 Å². The zero-order chi connectivity index (χ0) is 21.8. The molecule has 0 bridgehead atoms. The predicted molar refractivity (Wildman–Crippen MR) is 131 cm³/mol. The van der Waals surface area contributed by atoms with Crippen molar-refractivity contribution in [3.8, 4) is 16.3 Å². The summed E-state index contributed by atoms with van der Waals surface area (Å²) in [6.45, 7) is -0.0115. The Balaban J connectivity index is 1.15. The van der Waals surface area contributed by atoms with E-state index in [0.29, 0.717) is 5.92 Å². The van der Waals surface area contributed by atoms with Crippen molar-refractivity contribution in [1.82, 2.24) is 4.98 Å². The molecule has 0 saturated heterocycles. The fourth-order valence-electron chi connectivity index (χ4n) is 4.31. The van der Waals surface area contributed by atoms with Crippen molar-refractivity contribution in [3.63, 3.8) is 0 Å². The number of benzene rings is 3. The molecule has 5 rings (SSSR count). The highest BCUT2D eigenvalue weighted by molar-refractivity contribution is 7.21. The molecule has 1 aromatic heterocycles. The van der Waals surface area contributed by atoms with E-state index < -0.39 is 0 Å². The second kappa shape index (κ2) is 9.53. The molecule has 32 heavy (non-hydrogen) atoms. The van der Waals surface area contributed by atoms with Gasteiger partial charge in [0.05, 0.1) is 10.2 Å². The molecule has 1 fully saturated rings. The molecule has 1 heterocycles. The third-order valence-corrected chi connectivity index (χ3v) is 7.12. The Hall–Kier alpha value is -3.18. The molecule has 3 aromatic carbocycles. The molecule has 162 valence electrons. The first-order valence-corrected chi connectivity index (χ1v) is 12.0. The number of hydrogen-bond acceptors (Lipinski definition) is 4. The maximum absolute atomic E-state index is 12.3. The number of nitrogens with zero attached hydrogens (tertiary/aromatic N) is 1. The molecule has 1 aliphatic carbocycles. The van der Waals surface area contributed by atoms with Crippen molar-refractivity contribution in [1.29, 1.82) is 0 Å². The smallest absolute Gasteiger partial charge is 0.262 e. The Morgan fingerprint density at radius 1 is 0.938 bits per heavy atom. The summed E-state index contributed by atoms with van der Waals surface area (Å²) in [4.78, 5) is 17.0. The van der Waals surface area contributed by atoms with Gasteiger partial charge in [0.2, 0.25) is 0 Å². The maximum Gasteiger partial charge on any atom is 0.262 e. The maximum atomic E-state index is 12.3. The Bertz CT molecular complexity index is 1160. The van der Waals surface area contributed by atoms with Crippen LogP contribution in [0.3, 0.4) is 0 Å². The van der Waals surface area contributed by atoms with E-state index in [0.717, 1.165) is 27.5 Å². The van der Waals surface area contributed by atoms with Crippen LogP contribution >= 0.6 is 11.3 Å². The van der Waals surface area contributed by atoms with Crippen LogP contribution in [0.2, 0.25) is 0 Å². The van der Waals surface area contributed by atoms with Gasteiger partial charge in [0.25, 0.3) is 5.91 Å². The lowest BCUT2D eigenvalue weighted by atomic mass is 9.84. The van der Waals surface area contributed by atoms with E-state index in [9.17, 15) is 4.79 Å². The van der Waals surface area contributed by atoms with Gasteiger partial charge >= 0.3 is 0 Å². The first-order valence-electron chi connectivity index (χ1n) is 11.2. The minimum Gasteiger partial charge on any atom is -0.484 e. The van der Waals surface area contributed by atoms with Crippen LogP contribution < -0.4 is 10.1 Å². The van der Waals surface area contributed by atoms with Gasteiger partial charge in [-0.15, -0.1) is 11.3 Å². The molecule has 0 spiro atoms. The van der Waals surface area contributed by atoms with Gasteiger partial charge < -0.3 is 10.1 Å². The van der Waals surface area contributed by atoms with Gasteiger partial charge in [0.15, 0.2) is 6.61 Å². The van der Waals surface area contributed by atoms with Gasteiger partial charge in [-0.05, 0) is 72.9 Å². The van der Waals surface area contributed by atoms with Crippen molar-refractivity contribution in [2.75, 3.05) is 11.9 Å². The fraction of sp³-hybridized carbons (Fsp3) is 0.259. The Labute approximate surface area is 192 Å². The van der Waals surface area contributed by atoms with Crippen molar-refractivity contribution in [2.45, 2.75) is 38.0 Å². The molecule has 0 unspecified atom stereocenters. The molecule has 4 nitrogen and oxygen atoms in total. The first kappa shape index (κ1) is 20.7. The van der Waals surface area contributed by atoms with E-state index in [1.165, 1.54) is 42.4 Å². The van der Waals surface area contributed by atoms with Gasteiger partial charge in [-0.3, -0.25) is 4.79 Å². The number of thiazole rings is 1. The van der Waals surface area contributed by atoms with Crippen LogP contribution in [0, 0.1) is 0 Å². The summed E-state index contributed by atoms with van der Waals surface area (Å²) < 4.78 is 6.86. The monoisotopic (exact) mass is 442 g/mol. The number of anilines is 1. The second-order valence-corrected chi connectivity index (χ2v) is 9.34. The fourth-order valence-corrected chi connectivity index (χ4v) is 5.28. The zero-order valence-corrected chi connectivity index (χ0v) is 18.7. The van der Waals surface area contributed by atoms with E-state index >= 15 is 0 Å². The van der Waals surface area contributed by atoms with Crippen LogP contribution in [0.4, 0.5) is 5.69 Å². The van der Waals surface area contributed by atoms with Gasteiger partial charge in [0, 0.05) is 11.3 Å². The lowest BCUT2D eigenvalue weighted by Gasteiger charge is -2.22. The van der Waals surface area contributed by atoms with E-state index in [1.807, 2.05) is 54.6 Å². The molecule has 1 amide bonds. The van der Waals surface area contributed by atoms with Gasteiger partial charge in [-0.25, -0.2) is 4.98 Å². The van der Waals surface area contributed by atoms with Gasteiger partial charge in [0.1, 0.15) is 10.8 Å². The highest BCUT2D eigenvalue weighted by Crippen LogP contribution is 2.33. The number of nitrogens with one attached hydrogen (secondary N) is 1. The number of para-hydroxylation sites is 1. The van der Waals surface area contributed by atoms with Crippen LogP contribution in [-0.4, -0.2) is 17.5 Å². The largest absolute Gasteiger partial charge is 0.484 e. The Kier molecular flexibility index (Phi) is 6.17. The van der Waals surface area contributed by atoms with Crippen LogP contribution in [0.1, 0.15) is 43.6 Å². The van der Waals surface area contributed by atoms with Crippen molar-refractivity contribution in [3.05, 3.63) is 78.4 Å². The average Bonchev–Trinajstić information content (AvgIpc) is 3.28. The number of rotatable bonds is 6. The van der Waals surface area contributed by atoms with Crippen molar-refractivity contribution >= 4 is 33.1 Å². The number of aromatic nitrogens is 1. The highest BCUT2D eigenvalue weighted by atomic mass is 32.1. The number of carbonyl (C=O) groups is 1. The van der Waals surface area contributed by atoms with E-state index in [1.54, 1.807) is 11.3 Å². The van der Waals surface area contributed by atoms with E-state index in [2.05, 4.69) is 28.5 Å². The highest BCUT2D eigenvalue weighted by Gasteiger charge is 2.15. The SMILES string of the molecule is O=C(COc1ccc(C2CCCCC2)cc1)Nc1ccc(-c2nc3ccccc3s2)cc1. The summed E-state index contributed by atoms with van der Waals surface area (Å²) in [6, 6.07) is 24.1. The number of hydrogen-bond donors (Lipinski definition) is 1. The van der Waals surface area contributed by atoms with E-state index in [4.69, 9.17) is 4.74 Å². The normalized spacial score (nSPS) is 14.4. The Morgan fingerprint density at radius 3 is 2.44 bits per heavy atom. The number of ether oxygens (including phenoxy) is 1. The first-order chi connectivity index (χ1) is 15.7. The molecule has 4 aromatic rings. The molecule has 5 heteroatoms.